The normalized spacial score (nSPS) is 15.1. The molecule has 3 nitrogen and oxygen atoms in total. The third-order valence-electron chi connectivity index (χ3n) is 3.06. The molecule has 0 bridgehead atoms. The summed E-state index contributed by atoms with van der Waals surface area (Å²) in [6.45, 7) is 10.9. The van der Waals surface area contributed by atoms with Crippen molar-refractivity contribution in [3.05, 3.63) is 21.9 Å². The van der Waals surface area contributed by atoms with Gasteiger partial charge in [0.15, 0.2) is 0 Å². The van der Waals surface area contributed by atoms with Gasteiger partial charge < -0.3 is 11.1 Å². The number of aryl methyl sites for hydroxylation is 1. The van der Waals surface area contributed by atoms with Gasteiger partial charge in [-0.15, -0.1) is 11.3 Å². The zero-order valence-electron chi connectivity index (χ0n) is 12.6. The lowest BCUT2D eigenvalue weighted by molar-refractivity contribution is -0.126. The molecule has 1 aromatic rings. The highest BCUT2D eigenvalue weighted by Gasteiger charge is 2.25. The highest BCUT2D eigenvalue weighted by atomic mass is 32.1. The Labute approximate surface area is 120 Å². The van der Waals surface area contributed by atoms with E-state index >= 15 is 0 Å². The SMILES string of the molecule is Cc1ccc(C(C)NC(=O)C(CN)CC(C)(C)C)s1. The van der Waals surface area contributed by atoms with Gasteiger partial charge in [-0.3, -0.25) is 4.79 Å². The molecule has 0 spiro atoms. The van der Waals surface area contributed by atoms with Crippen LogP contribution in [0.3, 0.4) is 0 Å². The van der Waals surface area contributed by atoms with Crippen LogP contribution in [0.15, 0.2) is 12.1 Å². The molecule has 19 heavy (non-hydrogen) atoms. The predicted octanol–water partition coefficient (Wildman–Crippen LogP) is 3.24. The quantitative estimate of drug-likeness (QED) is 0.871. The molecule has 2 unspecified atom stereocenters. The monoisotopic (exact) mass is 282 g/mol. The Hall–Kier alpha value is -0.870. The minimum Gasteiger partial charge on any atom is -0.348 e. The van der Waals surface area contributed by atoms with Crippen LogP contribution in [0.4, 0.5) is 0 Å². The Morgan fingerprint density at radius 3 is 2.47 bits per heavy atom. The maximum atomic E-state index is 12.3. The van der Waals surface area contributed by atoms with Crippen LogP contribution in [0.1, 0.15) is 49.9 Å². The molecule has 1 aromatic heterocycles. The van der Waals surface area contributed by atoms with E-state index in [2.05, 4.69) is 45.1 Å². The number of carbonyl (C=O) groups excluding carboxylic acids is 1. The van der Waals surface area contributed by atoms with Crippen LogP contribution in [0, 0.1) is 18.3 Å². The highest BCUT2D eigenvalue weighted by Crippen LogP contribution is 2.26. The summed E-state index contributed by atoms with van der Waals surface area (Å²) in [7, 11) is 0. The first-order valence-corrected chi connectivity index (χ1v) is 7.61. The summed E-state index contributed by atoms with van der Waals surface area (Å²) >= 11 is 1.72. The number of amides is 1. The summed E-state index contributed by atoms with van der Waals surface area (Å²) < 4.78 is 0. The second-order valence-corrected chi connectivity index (χ2v) is 7.70. The van der Waals surface area contributed by atoms with Crippen molar-refractivity contribution >= 4 is 17.2 Å². The standard InChI is InChI=1S/C15H26N2OS/c1-10-6-7-13(19-10)11(2)17-14(18)12(9-16)8-15(3,4)5/h6-7,11-12H,8-9,16H2,1-5H3,(H,17,18). The second kappa shape index (κ2) is 6.53. The minimum absolute atomic E-state index is 0.0558. The number of nitrogens with one attached hydrogen (secondary N) is 1. The van der Waals surface area contributed by atoms with Gasteiger partial charge in [0.1, 0.15) is 0 Å². The second-order valence-electron chi connectivity index (χ2n) is 6.38. The molecule has 1 heterocycles. The fourth-order valence-electron chi connectivity index (χ4n) is 2.11. The van der Waals surface area contributed by atoms with E-state index in [0.717, 1.165) is 6.42 Å². The number of carbonyl (C=O) groups is 1. The first-order chi connectivity index (χ1) is 8.73. The van der Waals surface area contributed by atoms with E-state index in [1.807, 2.05) is 6.92 Å². The zero-order chi connectivity index (χ0) is 14.6. The Morgan fingerprint density at radius 1 is 1.42 bits per heavy atom. The van der Waals surface area contributed by atoms with E-state index in [1.54, 1.807) is 11.3 Å². The van der Waals surface area contributed by atoms with E-state index in [4.69, 9.17) is 5.73 Å². The summed E-state index contributed by atoms with van der Waals surface area (Å²) in [5.41, 5.74) is 5.86. The van der Waals surface area contributed by atoms with E-state index in [1.165, 1.54) is 9.75 Å². The van der Waals surface area contributed by atoms with Crippen LogP contribution < -0.4 is 11.1 Å². The van der Waals surface area contributed by atoms with Gasteiger partial charge in [0.05, 0.1) is 12.0 Å². The molecule has 0 aliphatic rings. The lowest BCUT2D eigenvalue weighted by atomic mass is 9.84. The Balaban J connectivity index is 2.62. The molecule has 2 atom stereocenters. The number of hydrogen-bond donors (Lipinski definition) is 2. The van der Waals surface area contributed by atoms with E-state index in [0.29, 0.717) is 6.54 Å². The van der Waals surface area contributed by atoms with Crippen molar-refractivity contribution in [2.24, 2.45) is 17.1 Å². The molecule has 0 aliphatic heterocycles. The van der Waals surface area contributed by atoms with Crippen LogP contribution >= 0.6 is 11.3 Å². The first-order valence-electron chi connectivity index (χ1n) is 6.79. The van der Waals surface area contributed by atoms with Crippen LogP contribution in [-0.2, 0) is 4.79 Å². The summed E-state index contributed by atoms with van der Waals surface area (Å²) in [5, 5.41) is 3.07. The number of hydrogen-bond acceptors (Lipinski definition) is 3. The van der Waals surface area contributed by atoms with Crippen molar-refractivity contribution in [3.8, 4) is 0 Å². The van der Waals surface area contributed by atoms with Crippen LogP contribution in [0.2, 0.25) is 0 Å². The van der Waals surface area contributed by atoms with Gasteiger partial charge in [-0.2, -0.15) is 0 Å². The van der Waals surface area contributed by atoms with Gasteiger partial charge in [-0.25, -0.2) is 0 Å². The molecule has 0 saturated carbocycles. The van der Waals surface area contributed by atoms with Gasteiger partial charge in [0.25, 0.3) is 0 Å². The van der Waals surface area contributed by atoms with Gasteiger partial charge in [0.2, 0.25) is 5.91 Å². The van der Waals surface area contributed by atoms with Gasteiger partial charge in [-0.05, 0) is 37.8 Å². The molecule has 108 valence electrons. The van der Waals surface area contributed by atoms with E-state index in [-0.39, 0.29) is 23.3 Å². The molecule has 3 N–H and O–H groups in total. The largest absolute Gasteiger partial charge is 0.348 e. The highest BCUT2D eigenvalue weighted by molar-refractivity contribution is 7.12. The van der Waals surface area contributed by atoms with Gasteiger partial charge >= 0.3 is 0 Å². The fourth-order valence-corrected chi connectivity index (χ4v) is 2.99. The zero-order valence-corrected chi connectivity index (χ0v) is 13.4. The molecular weight excluding hydrogens is 256 g/mol. The lowest BCUT2D eigenvalue weighted by Gasteiger charge is -2.25. The minimum atomic E-state index is -0.108. The summed E-state index contributed by atoms with van der Waals surface area (Å²) in [6.07, 6.45) is 0.811. The number of nitrogens with two attached hydrogens (primary N) is 1. The van der Waals surface area contributed by atoms with Crippen molar-refractivity contribution in [1.82, 2.24) is 5.32 Å². The van der Waals surface area contributed by atoms with Crippen molar-refractivity contribution in [2.75, 3.05) is 6.54 Å². The van der Waals surface area contributed by atoms with Crippen molar-refractivity contribution < 1.29 is 4.79 Å². The average Bonchev–Trinajstić information content (AvgIpc) is 2.71. The average molecular weight is 282 g/mol. The van der Waals surface area contributed by atoms with Crippen LogP contribution in [0.5, 0.6) is 0 Å². The molecular formula is C15H26N2OS. The molecule has 0 radical (unpaired) electrons. The van der Waals surface area contributed by atoms with Crippen LogP contribution in [0.25, 0.3) is 0 Å². The number of thiophene rings is 1. The first kappa shape index (κ1) is 16.2. The smallest absolute Gasteiger partial charge is 0.224 e. The topological polar surface area (TPSA) is 55.1 Å². The molecule has 0 saturated heterocycles. The van der Waals surface area contributed by atoms with E-state index < -0.39 is 0 Å². The van der Waals surface area contributed by atoms with Gasteiger partial charge in [-0.1, -0.05) is 20.8 Å². The van der Waals surface area contributed by atoms with Crippen molar-refractivity contribution in [3.63, 3.8) is 0 Å². The van der Waals surface area contributed by atoms with Crippen molar-refractivity contribution in [2.45, 2.75) is 47.1 Å². The third kappa shape index (κ3) is 5.33. The lowest BCUT2D eigenvalue weighted by Crippen LogP contribution is -2.38. The maximum absolute atomic E-state index is 12.3. The Bertz CT molecular complexity index is 420. The Kier molecular flexibility index (Phi) is 5.56. The third-order valence-corrected chi connectivity index (χ3v) is 4.24. The fraction of sp³-hybridized carbons (Fsp3) is 0.667. The molecule has 1 rings (SSSR count). The molecule has 1 amide bonds. The maximum Gasteiger partial charge on any atom is 0.224 e. The van der Waals surface area contributed by atoms with Gasteiger partial charge in [0, 0.05) is 16.3 Å². The molecule has 0 aromatic carbocycles. The molecule has 0 aliphatic carbocycles. The summed E-state index contributed by atoms with van der Waals surface area (Å²) in [5.74, 6) is -0.0421. The summed E-state index contributed by atoms with van der Waals surface area (Å²) in [6, 6.07) is 4.21. The predicted molar refractivity (Wildman–Crippen MR) is 82.2 cm³/mol. The molecule has 0 fully saturated rings. The van der Waals surface area contributed by atoms with E-state index in [9.17, 15) is 4.79 Å². The Morgan fingerprint density at radius 2 is 2.05 bits per heavy atom. The summed E-state index contributed by atoms with van der Waals surface area (Å²) in [4.78, 5) is 14.7. The van der Waals surface area contributed by atoms with Crippen LogP contribution in [-0.4, -0.2) is 12.5 Å². The molecule has 4 heteroatoms. The van der Waals surface area contributed by atoms with Crippen molar-refractivity contribution in [1.29, 1.82) is 0 Å². The number of rotatable bonds is 5.